The van der Waals surface area contributed by atoms with Gasteiger partial charge in [0.1, 0.15) is 0 Å². The lowest BCUT2D eigenvalue weighted by Crippen LogP contribution is -2.32. The number of nitrogens with zero attached hydrogens (tertiary/aromatic N) is 1. The Balaban J connectivity index is 1.65. The molecule has 1 saturated heterocycles. The van der Waals surface area contributed by atoms with E-state index in [2.05, 4.69) is 47.4 Å². The van der Waals surface area contributed by atoms with E-state index < -0.39 is 0 Å². The highest BCUT2D eigenvalue weighted by Crippen LogP contribution is 2.30. The van der Waals surface area contributed by atoms with Crippen LogP contribution in [-0.2, 0) is 0 Å². The average molecular weight is 252 g/mol. The number of rotatable bonds is 2. The lowest BCUT2D eigenvalue weighted by atomic mass is 9.89. The molecule has 19 heavy (non-hydrogen) atoms. The van der Waals surface area contributed by atoms with E-state index in [-0.39, 0.29) is 0 Å². The van der Waals surface area contributed by atoms with Crippen molar-refractivity contribution < 1.29 is 0 Å². The van der Waals surface area contributed by atoms with Gasteiger partial charge >= 0.3 is 0 Å². The molecule has 0 spiro atoms. The maximum Gasteiger partial charge on any atom is 0.0367 e. The summed E-state index contributed by atoms with van der Waals surface area (Å²) in [5.41, 5.74) is 9.35. The minimum Gasteiger partial charge on any atom is -0.399 e. The summed E-state index contributed by atoms with van der Waals surface area (Å²) in [6.07, 6.45) is 2.46. The van der Waals surface area contributed by atoms with E-state index in [0.717, 1.165) is 18.8 Å². The first-order valence-electron chi connectivity index (χ1n) is 6.98. The minimum absolute atomic E-state index is 0.714. The van der Waals surface area contributed by atoms with Gasteiger partial charge in [-0.1, -0.05) is 30.3 Å². The van der Waals surface area contributed by atoms with Crippen LogP contribution in [0, 0.1) is 0 Å². The van der Waals surface area contributed by atoms with E-state index in [1.54, 1.807) is 0 Å². The van der Waals surface area contributed by atoms with Crippen LogP contribution in [0.1, 0.15) is 24.3 Å². The molecule has 0 atom stereocenters. The highest BCUT2D eigenvalue weighted by Gasteiger charge is 2.20. The summed E-state index contributed by atoms with van der Waals surface area (Å²) < 4.78 is 0. The molecule has 0 bridgehead atoms. The molecule has 0 saturated carbocycles. The third kappa shape index (κ3) is 2.73. The van der Waals surface area contributed by atoms with Crippen LogP contribution < -0.4 is 10.6 Å². The zero-order valence-electron chi connectivity index (χ0n) is 11.1. The topological polar surface area (TPSA) is 29.3 Å². The van der Waals surface area contributed by atoms with Crippen molar-refractivity contribution in [2.75, 3.05) is 23.7 Å². The fourth-order valence-corrected chi connectivity index (χ4v) is 2.88. The van der Waals surface area contributed by atoms with Gasteiger partial charge in [0, 0.05) is 24.5 Å². The average Bonchev–Trinajstić information content (AvgIpc) is 2.49. The molecule has 1 heterocycles. The Morgan fingerprint density at radius 1 is 0.842 bits per heavy atom. The van der Waals surface area contributed by atoms with Crippen LogP contribution in [0.2, 0.25) is 0 Å². The summed E-state index contributed by atoms with van der Waals surface area (Å²) in [5, 5.41) is 0. The standard InChI is InChI=1S/C17H20N2/c18-16-6-8-17(9-7-16)19-12-10-15(11-13-19)14-4-2-1-3-5-14/h1-9,15H,10-13,18H2. The number of hydrogen-bond acceptors (Lipinski definition) is 2. The van der Waals surface area contributed by atoms with Crippen molar-refractivity contribution in [3.63, 3.8) is 0 Å². The van der Waals surface area contributed by atoms with E-state index in [1.165, 1.54) is 24.1 Å². The summed E-state index contributed by atoms with van der Waals surface area (Å²) in [6, 6.07) is 19.1. The van der Waals surface area contributed by atoms with Gasteiger partial charge in [0.2, 0.25) is 0 Å². The third-order valence-corrected chi connectivity index (χ3v) is 4.02. The Labute approximate surface area is 114 Å². The lowest BCUT2D eigenvalue weighted by molar-refractivity contribution is 0.505. The smallest absolute Gasteiger partial charge is 0.0367 e. The SMILES string of the molecule is Nc1ccc(N2CCC(c3ccccc3)CC2)cc1. The molecule has 1 fully saturated rings. The van der Waals surface area contributed by atoms with Gasteiger partial charge in [-0.25, -0.2) is 0 Å². The normalized spacial score (nSPS) is 16.5. The predicted octanol–water partition coefficient (Wildman–Crippen LogP) is 3.65. The highest BCUT2D eigenvalue weighted by molar-refractivity contribution is 5.53. The summed E-state index contributed by atoms with van der Waals surface area (Å²) in [7, 11) is 0. The largest absolute Gasteiger partial charge is 0.399 e. The first kappa shape index (κ1) is 12.1. The number of benzene rings is 2. The number of piperidine rings is 1. The van der Waals surface area contributed by atoms with Crippen molar-refractivity contribution in [1.82, 2.24) is 0 Å². The molecule has 0 aromatic heterocycles. The Morgan fingerprint density at radius 2 is 1.47 bits per heavy atom. The van der Waals surface area contributed by atoms with E-state index >= 15 is 0 Å². The van der Waals surface area contributed by atoms with Gasteiger partial charge in [-0.05, 0) is 48.6 Å². The first-order chi connectivity index (χ1) is 9.33. The molecular weight excluding hydrogens is 232 g/mol. The van der Waals surface area contributed by atoms with Gasteiger partial charge < -0.3 is 10.6 Å². The van der Waals surface area contributed by atoms with Crippen molar-refractivity contribution in [2.24, 2.45) is 0 Å². The van der Waals surface area contributed by atoms with Crippen molar-refractivity contribution >= 4 is 11.4 Å². The fraction of sp³-hybridized carbons (Fsp3) is 0.294. The molecule has 3 rings (SSSR count). The summed E-state index contributed by atoms with van der Waals surface area (Å²) >= 11 is 0. The van der Waals surface area contributed by atoms with Crippen LogP contribution in [0.25, 0.3) is 0 Å². The van der Waals surface area contributed by atoms with Crippen LogP contribution in [-0.4, -0.2) is 13.1 Å². The molecule has 0 aliphatic carbocycles. The number of nitrogens with two attached hydrogens (primary N) is 1. The molecule has 98 valence electrons. The van der Waals surface area contributed by atoms with Crippen molar-refractivity contribution in [1.29, 1.82) is 0 Å². The fourth-order valence-electron chi connectivity index (χ4n) is 2.88. The Bertz CT molecular complexity index is 511. The lowest BCUT2D eigenvalue weighted by Gasteiger charge is -2.34. The molecule has 0 unspecified atom stereocenters. The first-order valence-corrected chi connectivity index (χ1v) is 6.98. The maximum atomic E-state index is 5.74. The van der Waals surface area contributed by atoms with Crippen molar-refractivity contribution in [3.05, 3.63) is 60.2 Å². The van der Waals surface area contributed by atoms with Gasteiger partial charge in [-0.2, -0.15) is 0 Å². The Kier molecular flexibility index (Phi) is 3.41. The quantitative estimate of drug-likeness (QED) is 0.827. The van der Waals surface area contributed by atoms with Crippen molar-refractivity contribution in [2.45, 2.75) is 18.8 Å². The maximum absolute atomic E-state index is 5.74. The zero-order chi connectivity index (χ0) is 13.1. The Morgan fingerprint density at radius 3 is 2.11 bits per heavy atom. The van der Waals surface area contributed by atoms with Crippen LogP contribution in [0.3, 0.4) is 0 Å². The third-order valence-electron chi connectivity index (χ3n) is 4.02. The van der Waals surface area contributed by atoms with Gasteiger partial charge in [0.15, 0.2) is 0 Å². The van der Waals surface area contributed by atoms with Gasteiger partial charge in [-0.3, -0.25) is 0 Å². The molecule has 1 aliphatic heterocycles. The van der Waals surface area contributed by atoms with Crippen LogP contribution in [0.4, 0.5) is 11.4 Å². The molecule has 1 aliphatic rings. The number of anilines is 2. The highest BCUT2D eigenvalue weighted by atomic mass is 15.1. The molecule has 2 heteroatoms. The molecule has 2 aromatic carbocycles. The summed E-state index contributed by atoms with van der Waals surface area (Å²) in [4.78, 5) is 2.46. The second kappa shape index (κ2) is 5.35. The van der Waals surface area contributed by atoms with E-state index in [4.69, 9.17) is 5.73 Å². The summed E-state index contributed by atoms with van der Waals surface area (Å²) in [5.74, 6) is 0.714. The van der Waals surface area contributed by atoms with Gasteiger partial charge in [0.05, 0.1) is 0 Å². The summed E-state index contributed by atoms with van der Waals surface area (Å²) in [6.45, 7) is 2.26. The number of hydrogen-bond donors (Lipinski definition) is 1. The van der Waals surface area contributed by atoms with Crippen LogP contribution in [0.5, 0.6) is 0 Å². The van der Waals surface area contributed by atoms with Gasteiger partial charge in [-0.15, -0.1) is 0 Å². The molecule has 2 aromatic rings. The van der Waals surface area contributed by atoms with Gasteiger partial charge in [0.25, 0.3) is 0 Å². The van der Waals surface area contributed by atoms with E-state index in [1.807, 2.05) is 12.1 Å². The molecular formula is C17H20N2. The minimum atomic E-state index is 0.714. The van der Waals surface area contributed by atoms with E-state index in [0.29, 0.717) is 5.92 Å². The van der Waals surface area contributed by atoms with E-state index in [9.17, 15) is 0 Å². The van der Waals surface area contributed by atoms with Crippen LogP contribution >= 0.6 is 0 Å². The molecule has 2 nitrogen and oxygen atoms in total. The predicted molar refractivity (Wildman–Crippen MR) is 81.5 cm³/mol. The second-order valence-corrected chi connectivity index (χ2v) is 5.26. The van der Waals surface area contributed by atoms with Crippen molar-refractivity contribution in [3.8, 4) is 0 Å². The molecule has 0 radical (unpaired) electrons. The molecule has 2 N–H and O–H groups in total. The zero-order valence-corrected chi connectivity index (χ0v) is 11.1. The second-order valence-electron chi connectivity index (χ2n) is 5.26. The molecule has 0 amide bonds. The van der Waals surface area contributed by atoms with Crippen LogP contribution in [0.15, 0.2) is 54.6 Å². The number of nitrogen functional groups attached to an aromatic ring is 1. The monoisotopic (exact) mass is 252 g/mol. The Hall–Kier alpha value is -1.96.